The molecule has 1 aliphatic carbocycles. The van der Waals surface area contributed by atoms with E-state index < -0.39 is 11.4 Å². The van der Waals surface area contributed by atoms with Crippen LogP contribution in [0.1, 0.15) is 81.3 Å². The number of aromatic nitrogens is 3. The van der Waals surface area contributed by atoms with E-state index in [0.717, 1.165) is 43.4 Å². The Bertz CT molecular complexity index is 1640. The van der Waals surface area contributed by atoms with Crippen LogP contribution in [-0.4, -0.2) is 37.6 Å². The third kappa shape index (κ3) is 6.12. The number of aliphatic hydroxyl groups is 1. The number of hydrogen-bond acceptors (Lipinski definition) is 5. The molecule has 214 valence electrons. The van der Waals surface area contributed by atoms with E-state index in [1.54, 1.807) is 50.4 Å². The molecule has 1 N–H and O–H groups in total. The molecule has 2 heterocycles. The largest absolute Gasteiger partial charge is 0.388 e. The van der Waals surface area contributed by atoms with Gasteiger partial charge in [0.2, 0.25) is 0 Å². The van der Waals surface area contributed by atoms with Crippen LogP contribution in [0.3, 0.4) is 0 Å². The van der Waals surface area contributed by atoms with Crippen LogP contribution in [0.4, 0.5) is 4.39 Å². The van der Waals surface area contributed by atoms with Crippen molar-refractivity contribution >= 4 is 5.65 Å². The first-order valence-electron chi connectivity index (χ1n) is 14.4. The molecule has 7 nitrogen and oxygen atoms in total. The quantitative estimate of drug-likeness (QED) is 0.273. The number of ether oxygens (including phenoxy) is 1. The molecule has 2 aromatic heterocycles. The van der Waals surface area contributed by atoms with Gasteiger partial charge in [-0.3, -0.25) is 9.36 Å². The Labute approximate surface area is 239 Å². The number of rotatable bonds is 9. The van der Waals surface area contributed by atoms with Crippen LogP contribution in [0.15, 0.2) is 59.5 Å². The molecule has 0 aliphatic heterocycles. The molecule has 8 heteroatoms. The zero-order valence-corrected chi connectivity index (χ0v) is 23.9. The van der Waals surface area contributed by atoms with E-state index in [1.165, 1.54) is 6.07 Å². The maximum absolute atomic E-state index is 15.4. The van der Waals surface area contributed by atoms with E-state index in [4.69, 9.17) is 4.74 Å². The highest BCUT2D eigenvalue weighted by molar-refractivity contribution is 5.71. The summed E-state index contributed by atoms with van der Waals surface area (Å²) in [5.41, 5.74) is 3.35. The third-order valence-electron chi connectivity index (χ3n) is 7.87. The highest BCUT2D eigenvalue weighted by atomic mass is 19.1. The van der Waals surface area contributed by atoms with Gasteiger partial charge in [0.1, 0.15) is 11.5 Å². The first-order valence-corrected chi connectivity index (χ1v) is 14.4. The molecule has 1 aliphatic rings. The third-order valence-corrected chi connectivity index (χ3v) is 7.87. The topological polar surface area (TPSA) is 92.5 Å². The molecule has 0 atom stereocenters. The molecule has 1 fully saturated rings. The second-order valence-electron chi connectivity index (χ2n) is 11.7. The summed E-state index contributed by atoms with van der Waals surface area (Å²) in [7, 11) is 0. The number of nitrogens with zero attached hydrogens (tertiary/aromatic N) is 4. The van der Waals surface area contributed by atoms with Gasteiger partial charge in [0.15, 0.2) is 0 Å². The van der Waals surface area contributed by atoms with Gasteiger partial charge in [-0.25, -0.2) is 8.91 Å². The lowest BCUT2D eigenvalue weighted by molar-refractivity contribution is -0.0654. The molecule has 0 unspecified atom stereocenters. The molecule has 41 heavy (non-hydrogen) atoms. The monoisotopic (exact) mass is 556 g/mol. The minimum Gasteiger partial charge on any atom is -0.388 e. The molecule has 2 aromatic carbocycles. The van der Waals surface area contributed by atoms with Crippen molar-refractivity contribution in [1.82, 2.24) is 14.2 Å². The second kappa shape index (κ2) is 12.0. The van der Waals surface area contributed by atoms with Crippen molar-refractivity contribution in [2.24, 2.45) is 0 Å². The van der Waals surface area contributed by atoms with Crippen molar-refractivity contribution in [1.29, 1.82) is 5.26 Å². The fourth-order valence-electron chi connectivity index (χ4n) is 5.91. The maximum atomic E-state index is 15.4. The van der Waals surface area contributed by atoms with E-state index in [-0.39, 0.29) is 30.7 Å². The Morgan fingerprint density at radius 3 is 2.56 bits per heavy atom. The summed E-state index contributed by atoms with van der Waals surface area (Å²) in [5, 5.41) is 24.1. The number of hydrogen-bond donors (Lipinski definition) is 1. The van der Waals surface area contributed by atoms with Crippen molar-refractivity contribution in [2.75, 3.05) is 6.61 Å². The molecule has 0 saturated heterocycles. The maximum Gasteiger partial charge on any atom is 0.257 e. The number of aryl methyl sites for hydroxylation is 1. The van der Waals surface area contributed by atoms with E-state index in [0.29, 0.717) is 34.2 Å². The van der Waals surface area contributed by atoms with Gasteiger partial charge in [-0.2, -0.15) is 10.4 Å². The number of fused-ring (bicyclic) bond motifs is 1. The molecule has 1 saturated carbocycles. The predicted molar refractivity (Wildman–Crippen MR) is 156 cm³/mol. The molecule has 5 rings (SSSR count). The summed E-state index contributed by atoms with van der Waals surface area (Å²) < 4.78 is 25.1. The number of halogens is 1. The van der Waals surface area contributed by atoms with E-state index in [2.05, 4.69) is 18.1 Å². The fraction of sp³-hybridized carbons (Fsp3) is 0.424. The zero-order chi connectivity index (χ0) is 29.1. The van der Waals surface area contributed by atoms with Crippen LogP contribution in [0.25, 0.3) is 16.8 Å². The molecule has 0 radical (unpaired) electrons. The van der Waals surface area contributed by atoms with E-state index in [9.17, 15) is 15.2 Å². The highest BCUT2D eigenvalue weighted by Crippen LogP contribution is 2.32. The van der Waals surface area contributed by atoms with E-state index >= 15 is 4.39 Å². The molecular weight excluding hydrogens is 519 g/mol. The fourth-order valence-corrected chi connectivity index (χ4v) is 5.91. The summed E-state index contributed by atoms with van der Waals surface area (Å²) in [6.45, 7) is 5.82. The Balaban J connectivity index is 1.48. The SMILES string of the molecule is CCCc1c(Cc2ccc(-c3ccccc3C#N)c(F)c2)c(=O)n(C2CCC(OCC(C)(C)O)CC2)c2ccnn12. The van der Waals surface area contributed by atoms with Gasteiger partial charge >= 0.3 is 0 Å². The minimum absolute atomic E-state index is 0.000270. The normalized spacial score (nSPS) is 17.6. The van der Waals surface area contributed by atoms with Crippen molar-refractivity contribution in [3.8, 4) is 17.2 Å². The van der Waals surface area contributed by atoms with Crippen LogP contribution in [0, 0.1) is 17.1 Å². The minimum atomic E-state index is -0.877. The van der Waals surface area contributed by atoms with Crippen molar-refractivity contribution in [2.45, 2.75) is 83.5 Å². The Kier molecular flexibility index (Phi) is 8.39. The van der Waals surface area contributed by atoms with Gasteiger partial charge in [0.05, 0.1) is 41.8 Å². The number of nitriles is 1. The molecule has 0 amide bonds. The lowest BCUT2D eigenvalue weighted by Crippen LogP contribution is -2.36. The molecular formula is C33H37FN4O3. The van der Waals surface area contributed by atoms with Crippen LogP contribution in [0.5, 0.6) is 0 Å². The average molecular weight is 557 g/mol. The van der Waals surface area contributed by atoms with Gasteiger partial charge in [-0.05, 0) is 63.6 Å². The lowest BCUT2D eigenvalue weighted by atomic mass is 9.92. The van der Waals surface area contributed by atoms with Crippen LogP contribution >= 0.6 is 0 Å². The smallest absolute Gasteiger partial charge is 0.257 e. The van der Waals surface area contributed by atoms with Gasteiger partial charge in [-0.1, -0.05) is 43.7 Å². The van der Waals surface area contributed by atoms with E-state index in [1.807, 2.05) is 21.2 Å². The predicted octanol–water partition coefficient (Wildman–Crippen LogP) is 5.99. The Morgan fingerprint density at radius 2 is 1.88 bits per heavy atom. The molecule has 0 bridgehead atoms. The summed E-state index contributed by atoms with van der Waals surface area (Å²) in [4.78, 5) is 14.2. The summed E-state index contributed by atoms with van der Waals surface area (Å²) >= 11 is 0. The van der Waals surface area contributed by atoms with Crippen LogP contribution in [-0.2, 0) is 17.6 Å². The van der Waals surface area contributed by atoms with Crippen LogP contribution in [0.2, 0.25) is 0 Å². The summed E-state index contributed by atoms with van der Waals surface area (Å²) in [5.74, 6) is -0.424. The first-order chi connectivity index (χ1) is 19.7. The Hall–Kier alpha value is -3.80. The second-order valence-corrected chi connectivity index (χ2v) is 11.7. The standard InChI is InChI=1S/C33H37FN4O3/c1-4-7-30-28(18-22-10-15-27(29(34)19-22)26-9-6-5-8-23(26)20-35)32(39)37(31-16-17-36-38(30)31)24-11-13-25(14-12-24)41-21-33(2,3)40/h5-6,8-10,15-17,19,24-25,40H,4,7,11-14,18,21H2,1-3H3. The van der Waals surface area contributed by atoms with Gasteiger partial charge in [-0.15, -0.1) is 0 Å². The van der Waals surface area contributed by atoms with Crippen LogP contribution < -0.4 is 5.56 Å². The summed E-state index contributed by atoms with van der Waals surface area (Å²) in [6.07, 6.45) is 6.76. The van der Waals surface area contributed by atoms with Gasteiger partial charge < -0.3 is 9.84 Å². The first kappa shape index (κ1) is 28.7. The lowest BCUT2D eigenvalue weighted by Gasteiger charge is -2.32. The average Bonchev–Trinajstić information content (AvgIpc) is 3.43. The Morgan fingerprint density at radius 1 is 1.12 bits per heavy atom. The van der Waals surface area contributed by atoms with Crippen molar-refractivity contribution in [3.05, 3.63) is 93.3 Å². The molecule has 4 aromatic rings. The van der Waals surface area contributed by atoms with Gasteiger partial charge in [0.25, 0.3) is 5.56 Å². The highest BCUT2D eigenvalue weighted by Gasteiger charge is 2.28. The zero-order valence-electron chi connectivity index (χ0n) is 23.9. The van der Waals surface area contributed by atoms with Crippen molar-refractivity contribution in [3.63, 3.8) is 0 Å². The van der Waals surface area contributed by atoms with Crippen molar-refractivity contribution < 1.29 is 14.2 Å². The molecule has 0 spiro atoms. The summed E-state index contributed by atoms with van der Waals surface area (Å²) in [6, 6.07) is 16.0. The number of benzene rings is 2. The van der Waals surface area contributed by atoms with Gasteiger partial charge in [0, 0.05) is 35.2 Å².